The Morgan fingerprint density at radius 1 is 0.929 bits per heavy atom. The number of hydrogen-bond donors (Lipinski definition) is 2. The number of hydrazone groups is 1. The van der Waals surface area contributed by atoms with Gasteiger partial charge in [-0.05, 0) is 30.4 Å². The zero-order valence-electron chi connectivity index (χ0n) is 15.8. The van der Waals surface area contributed by atoms with Crippen LogP contribution in [-0.4, -0.2) is 17.9 Å². The Morgan fingerprint density at radius 3 is 2.25 bits per heavy atom. The lowest BCUT2D eigenvalue weighted by Crippen LogP contribution is -2.37. The zero-order valence-corrected chi connectivity index (χ0v) is 15.8. The molecule has 0 aromatic heterocycles. The summed E-state index contributed by atoms with van der Waals surface area (Å²) in [6, 6.07) is 20.3. The highest BCUT2D eigenvalue weighted by Crippen LogP contribution is 2.38. The first-order valence-electron chi connectivity index (χ1n) is 9.88. The minimum atomic E-state index is -0.729. The first kappa shape index (κ1) is 18.3. The molecule has 0 spiro atoms. The Morgan fingerprint density at radius 2 is 1.57 bits per heavy atom. The number of rotatable bonds is 3. The molecule has 28 heavy (non-hydrogen) atoms. The van der Waals surface area contributed by atoms with Gasteiger partial charge in [0.25, 0.3) is 0 Å². The maximum atomic E-state index is 11.7. The molecule has 5 nitrogen and oxygen atoms in total. The zero-order chi connectivity index (χ0) is 19.3. The number of carbonyl (C=O) groups excluding carboxylic acids is 1. The lowest BCUT2D eigenvalue weighted by atomic mass is 9.77. The van der Waals surface area contributed by atoms with Crippen LogP contribution in [0, 0.1) is 5.92 Å². The van der Waals surface area contributed by atoms with Gasteiger partial charge < -0.3 is 10.5 Å². The van der Waals surface area contributed by atoms with Crippen molar-refractivity contribution in [3.05, 3.63) is 77.4 Å². The predicted molar refractivity (Wildman–Crippen MR) is 111 cm³/mol. The van der Waals surface area contributed by atoms with Crippen molar-refractivity contribution in [2.24, 2.45) is 16.8 Å². The summed E-state index contributed by atoms with van der Waals surface area (Å²) >= 11 is 0. The monoisotopic (exact) mass is 375 g/mol. The van der Waals surface area contributed by atoms with E-state index < -0.39 is 6.09 Å². The summed E-state index contributed by atoms with van der Waals surface area (Å²) in [5.41, 5.74) is 13.8. The van der Waals surface area contributed by atoms with Crippen molar-refractivity contribution in [3.8, 4) is 0 Å². The van der Waals surface area contributed by atoms with Crippen LogP contribution >= 0.6 is 0 Å². The lowest BCUT2D eigenvalue weighted by Gasteiger charge is -2.35. The molecule has 2 atom stereocenters. The van der Waals surface area contributed by atoms with Gasteiger partial charge in [0.2, 0.25) is 0 Å². The molecule has 2 unspecified atom stereocenters. The first-order valence-corrected chi connectivity index (χ1v) is 9.88. The maximum Gasteiger partial charge on any atom is 0.405 e. The topological polar surface area (TPSA) is 76.7 Å². The molecule has 0 radical (unpaired) electrons. The average Bonchev–Trinajstić information content (AvgIpc) is 2.71. The van der Waals surface area contributed by atoms with E-state index in [4.69, 9.17) is 15.6 Å². The van der Waals surface area contributed by atoms with E-state index in [0.29, 0.717) is 0 Å². The Labute approximate surface area is 165 Å². The predicted octanol–water partition coefficient (Wildman–Crippen LogP) is 4.45. The van der Waals surface area contributed by atoms with Crippen molar-refractivity contribution in [3.63, 3.8) is 0 Å². The van der Waals surface area contributed by atoms with Crippen LogP contribution in [0.1, 0.15) is 43.2 Å². The number of benzene rings is 2. The molecule has 0 bridgehead atoms. The fourth-order valence-electron chi connectivity index (χ4n) is 4.24. The van der Waals surface area contributed by atoms with Crippen molar-refractivity contribution in [2.45, 2.75) is 38.2 Å². The van der Waals surface area contributed by atoms with Crippen LogP contribution in [0.4, 0.5) is 4.79 Å². The van der Waals surface area contributed by atoms with Gasteiger partial charge in [-0.2, -0.15) is 5.10 Å². The highest BCUT2D eigenvalue weighted by atomic mass is 16.6. The molecule has 4 rings (SSSR count). The number of ether oxygens (including phenoxy) is 1. The molecule has 2 aliphatic rings. The number of nitrogens with zero attached hydrogens (tertiary/aromatic N) is 1. The summed E-state index contributed by atoms with van der Waals surface area (Å²) in [6.45, 7) is 0. The number of nitrogens with one attached hydrogen (secondary N) is 1. The van der Waals surface area contributed by atoms with Gasteiger partial charge in [-0.1, -0.05) is 73.5 Å². The third-order valence-electron chi connectivity index (χ3n) is 5.48. The molecule has 5 heteroatoms. The van der Waals surface area contributed by atoms with Gasteiger partial charge in [-0.25, -0.2) is 4.79 Å². The Balaban J connectivity index is 1.84. The van der Waals surface area contributed by atoms with Crippen LogP contribution in [0.5, 0.6) is 0 Å². The van der Waals surface area contributed by atoms with Crippen LogP contribution in [0.2, 0.25) is 0 Å². The van der Waals surface area contributed by atoms with Gasteiger partial charge in [0, 0.05) is 11.5 Å². The third kappa shape index (κ3) is 3.79. The summed E-state index contributed by atoms with van der Waals surface area (Å²) in [5.74, 6) is 0.0866. The largest absolute Gasteiger partial charge is 0.442 e. The van der Waals surface area contributed by atoms with Gasteiger partial charge in [-0.15, -0.1) is 0 Å². The van der Waals surface area contributed by atoms with E-state index in [1.54, 1.807) is 0 Å². The molecule has 3 N–H and O–H groups in total. The Hall–Kier alpha value is -3.08. The molecule has 1 saturated carbocycles. The fraction of sp³-hybridized carbons (Fsp3) is 0.304. The summed E-state index contributed by atoms with van der Waals surface area (Å²) in [4.78, 5) is 11.7. The molecule has 144 valence electrons. The fourth-order valence-corrected chi connectivity index (χ4v) is 4.24. The van der Waals surface area contributed by atoms with E-state index in [2.05, 4.69) is 29.7 Å². The van der Waals surface area contributed by atoms with Crippen LogP contribution < -0.4 is 11.2 Å². The number of primary amides is 1. The van der Waals surface area contributed by atoms with Crippen LogP contribution in [0.15, 0.2) is 71.3 Å². The molecular weight excluding hydrogens is 350 g/mol. The SMILES string of the molecule is NC(=O)OC1CCCCCC2C(c3ccccc3)=NNC(c3ccccc3)=C12. The highest BCUT2D eigenvalue weighted by molar-refractivity contribution is 6.06. The van der Waals surface area contributed by atoms with Crippen molar-refractivity contribution in [1.29, 1.82) is 0 Å². The summed E-state index contributed by atoms with van der Waals surface area (Å²) in [5, 5.41) is 4.76. The van der Waals surface area contributed by atoms with E-state index in [9.17, 15) is 4.79 Å². The molecule has 2 aromatic carbocycles. The molecular formula is C23H25N3O2. The Bertz CT molecular complexity index is 891. The molecule has 0 saturated heterocycles. The molecule has 1 aliphatic carbocycles. The Kier molecular flexibility index (Phi) is 5.42. The van der Waals surface area contributed by atoms with E-state index in [-0.39, 0.29) is 12.0 Å². The van der Waals surface area contributed by atoms with Crippen molar-refractivity contribution in [1.82, 2.24) is 5.43 Å². The number of carbonyl (C=O) groups is 1. The van der Waals surface area contributed by atoms with E-state index in [0.717, 1.165) is 60.2 Å². The van der Waals surface area contributed by atoms with E-state index >= 15 is 0 Å². The number of nitrogens with two attached hydrogens (primary N) is 1. The second-order valence-corrected chi connectivity index (χ2v) is 7.29. The number of fused-ring (bicyclic) bond motifs is 1. The number of amides is 1. The van der Waals surface area contributed by atoms with Crippen molar-refractivity contribution < 1.29 is 9.53 Å². The van der Waals surface area contributed by atoms with E-state index in [1.807, 2.05) is 36.4 Å². The van der Waals surface area contributed by atoms with Crippen molar-refractivity contribution in [2.75, 3.05) is 0 Å². The molecule has 1 fully saturated rings. The van der Waals surface area contributed by atoms with Gasteiger partial charge in [0.15, 0.2) is 0 Å². The summed E-state index contributed by atoms with van der Waals surface area (Å²) in [6.07, 6.45) is 3.90. The lowest BCUT2D eigenvalue weighted by molar-refractivity contribution is 0.112. The second kappa shape index (κ2) is 8.30. The molecule has 1 heterocycles. The smallest absolute Gasteiger partial charge is 0.405 e. The van der Waals surface area contributed by atoms with Crippen LogP contribution in [0.3, 0.4) is 0 Å². The number of hydrogen-bond acceptors (Lipinski definition) is 4. The average molecular weight is 375 g/mol. The summed E-state index contributed by atoms with van der Waals surface area (Å²) in [7, 11) is 0. The minimum absolute atomic E-state index is 0.0866. The summed E-state index contributed by atoms with van der Waals surface area (Å²) < 4.78 is 5.62. The van der Waals surface area contributed by atoms with Gasteiger partial charge in [0.1, 0.15) is 6.10 Å². The quantitative estimate of drug-likeness (QED) is 0.832. The maximum absolute atomic E-state index is 11.7. The standard InChI is InChI=1S/C23H25N3O2/c24-23(27)28-19-15-9-3-8-14-18-20(19)22(17-12-6-2-7-13-17)26-25-21(18)16-10-4-1-5-11-16/h1-2,4-7,10-13,18-19,26H,3,8-9,14-15H2,(H2,24,27). The van der Waals surface area contributed by atoms with Crippen LogP contribution in [0.25, 0.3) is 5.70 Å². The van der Waals surface area contributed by atoms with Gasteiger partial charge in [0.05, 0.1) is 11.4 Å². The van der Waals surface area contributed by atoms with Crippen molar-refractivity contribution >= 4 is 17.5 Å². The normalized spacial score (nSPS) is 22.2. The highest BCUT2D eigenvalue weighted by Gasteiger charge is 2.36. The molecule has 1 aliphatic heterocycles. The van der Waals surface area contributed by atoms with Crippen LogP contribution in [-0.2, 0) is 4.74 Å². The molecule has 2 aromatic rings. The third-order valence-corrected chi connectivity index (χ3v) is 5.48. The first-order chi connectivity index (χ1) is 13.7. The van der Waals surface area contributed by atoms with E-state index in [1.165, 1.54) is 0 Å². The molecule has 1 amide bonds. The second-order valence-electron chi connectivity index (χ2n) is 7.29. The minimum Gasteiger partial charge on any atom is -0.442 e. The van der Waals surface area contributed by atoms with Gasteiger partial charge >= 0.3 is 6.09 Å². The van der Waals surface area contributed by atoms with Gasteiger partial charge in [-0.3, -0.25) is 5.43 Å².